The second-order valence-electron chi connectivity index (χ2n) is 7.73. The second-order valence-corrected chi connectivity index (χ2v) is 11.3. The molecule has 0 aliphatic heterocycles. The molecule has 0 bridgehead atoms. The molecule has 0 saturated heterocycles. The maximum atomic E-state index is 13.2. The van der Waals surface area contributed by atoms with Crippen LogP contribution in [0.15, 0.2) is 34.9 Å². The van der Waals surface area contributed by atoms with Gasteiger partial charge in [-0.2, -0.15) is 13.2 Å². The predicted molar refractivity (Wildman–Crippen MR) is 121 cm³/mol. The highest BCUT2D eigenvalue weighted by Gasteiger charge is 2.57. The van der Waals surface area contributed by atoms with E-state index in [0.717, 1.165) is 23.5 Å². The molecule has 0 aliphatic carbocycles. The fraction of sp³-hybridized carbons (Fsp3) is 0.350. The molecule has 176 valence electrons. The first-order valence-electron chi connectivity index (χ1n) is 9.32. The van der Waals surface area contributed by atoms with Crippen molar-refractivity contribution in [3.63, 3.8) is 0 Å². The molecule has 0 saturated carbocycles. The summed E-state index contributed by atoms with van der Waals surface area (Å²) in [5.41, 5.74) is 20.2. The Hall–Kier alpha value is -2.73. The van der Waals surface area contributed by atoms with E-state index in [4.69, 9.17) is 17.2 Å². The quantitative estimate of drug-likeness (QED) is 0.487. The molecule has 0 spiro atoms. The highest BCUT2D eigenvalue weighted by Crippen LogP contribution is 2.40. The second kappa shape index (κ2) is 8.66. The van der Waals surface area contributed by atoms with E-state index < -0.39 is 31.6 Å². The highest BCUT2D eigenvalue weighted by atomic mass is 32.2. The van der Waals surface area contributed by atoms with Gasteiger partial charge in [0.05, 0.1) is 15.6 Å². The van der Waals surface area contributed by atoms with Crippen LogP contribution >= 0.6 is 11.3 Å². The molecule has 1 aromatic carbocycles. The van der Waals surface area contributed by atoms with Crippen LogP contribution in [0, 0.1) is 0 Å². The van der Waals surface area contributed by atoms with E-state index in [2.05, 4.69) is 5.32 Å². The fourth-order valence-corrected chi connectivity index (χ4v) is 5.06. The first-order chi connectivity index (χ1) is 14.5. The highest BCUT2D eigenvalue weighted by molar-refractivity contribution is 7.92. The lowest BCUT2D eigenvalue weighted by Crippen LogP contribution is -2.46. The number of nitrogens with one attached hydrogen (secondary N) is 1. The fourth-order valence-electron chi connectivity index (χ4n) is 2.71. The summed E-state index contributed by atoms with van der Waals surface area (Å²) in [6.45, 7) is 4.65. The summed E-state index contributed by atoms with van der Waals surface area (Å²) < 4.78 is 61.4. The van der Waals surface area contributed by atoms with Crippen LogP contribution in [0.3, 0.4) is 0 Å². The van der Waals surface area contributed by atoms with Gasteiger partial charge in [0.1, 0.15) is 4.88 Å². The number of benzene rings is 1. The average molecular weight is 491 g/mol. The van der Waals surface area contributed by atoms with Crippen LogP contribution in [-0.2, 0) is 16.4 Å². The number of rotatable bonds is 6. The molecule has 32 heavy (non-hydrogen) atoms. The van der Waals surface area contributed by atoms with Crippen molar-refractivity contribution in [2.75, 3.05) is 11.5 Å². The third kappa shape index (κ3) is 4.56. The van der Waals surface area contributed by atoms with Crippen LogP contribution < -0.4 is 22.5 Å². The first kappa shape index (κ1) is 25.5. The smallest absolute Gasteiger partial charge is 0.402 e. The predicted octanol–water partition coefficient (Wildman–Crippen LogP) is 3.67. The third-order valence-electron chi connectivity index (χ3n) is 5.19. The first-order valence-corrected chi connectivity index (χ1v) is 11.6. The van der Waals surface area contributed by atoms with Crippen LogP contribution in [0.4, 0.5) is 23.9 Å². The number of thiophene rings is 1. The Morgan fingerprint density at radius 3 is 2.09 bits per heavy atom. The lowest BCUT2D eigenvalue weighted by atomic mass is 10.1. The number of carbonyl (C=O) groups excluding carboxylic acids is 1. The number of hydrogen-bond donors (Lipinski definition) is 4. The largest absolute Gasteiger partial charge is 0.408 e. The number of nitrogen functional groups attached to an aromatic ring is 2. The van der Waals surface area contributed by atoms with Crippen molar-refractivity contribution in [3.8, 4) is 0 Å². The minimum absolute atomic E-state index is 0.000852. The number of anilines is 2. The topological polar surface area (TPSA) is 141 Å². The number of nitrogens with two attached hydrogens (primary N) is 3. The van der Waals surface area contributed by atoms with Crippen molar-refractivity contribution in [2.24, 2.45) is 5.73 Å². The van der Waals surface area contributed by atoms with E-state index in [-0.39, 0.29) is 17.1 Å². The van der Waals surface area contributed by atoms with Gasteiger partial charge in [-0.15, -0.1) is 11.3 Å². The Morgan fingerprint density at radius 2 is 1.62 bits per heavy atom. The van der Waals surface area contributed by atoms with Crippen LogP contribution in [0.5, 0.6) is 0 Å². The van der Waals surface area contributed by atoms with Gasteiger partial charge < -0.3 is 22.5 Å². The Bertz CT molecular complexity index is 1160. The van der Waals surface area contributed by atoms with Crippen LogP contribution in [-0.4, -0.2) is 25.2 Å². The number of amides is 1. The van der Waals surface area contributed by atoms with Gasteiger partial charge in [-0.3, -0.25) is 4.79 Å². The summed E-state index contributed by atoms with van der Waals surface area (Å²) in [5.74, 6) is -0.497. The van der Waals surface area contributed by atoms with E-state index in [1.807, 2.05) is 0 Å². The van der Waals surface area contributed by atoms with E-state index in [9.17, 15) is 26.4 Å². The summed E-state index contributed by atoms with van der Waals surface area (Å²) in [5, 5.41) is 2.98. The monoisotopic (exact) mass is 490 g/mol. The van der Waals surface area contributed by atoms with Gasteiger partial charge in [0.25, 0.3) is 5.91 Å². The van der Waals surface area contributed by atoms with Crippen LogP contribution in [0.25, 0.3) is 5.57 Å². The van der Waals surface area contributed by atoms with Gasteiger partial charge in [-0.25, -0.2) is 8.42 Å². The van der Waals surface area contributed by atoms with Crippen molar-refractivity contribution in [1.82, 2.24) is 5.32 Å². The molecule has 7 N–H and O–H groups in total. The molecule has 1 heterocycles. The summed E-state index contributed by atoms with van der Waals surface area (Å²) in [6.07, 6.45) is -4.93. The van der Waals surface area contributed by atoms with Crippen molar-refractivity contribution in [1.29, 1.82) is 0 Å². The van der Waals surface area contributed by atoms with Gasteiger partial charge in [-0.1, -0.05) is 12.1 Å². The van der Waals surface area contributed by atoms with E-state index >= 15 is 0 Å². The molecule has 0 aliphatic rings. The Balaban J connectivity index is 2.20. The maximum absolute atomic E-state index is 13.2. The number of allylic oxidation sites excluding steroid dienone is 2. The standard InChI is InChI=1S/C20H25F3N4O3S2/c1-10(11(2)24)14-15(25)16(31-17(14)26)18(28)27-9-12-5-7-13(8-6-12)32(29,30)19(3,4)20(21,22)23/h5-8H,9,24-26H2,1-4H3,(H,27,28)/b11-10-. The van der Waals surface area contributed by atoms with Crippen molar-refractivity contribution in [3.05, 3.63) is 46.0 Å². The van der Waals surface area contributed by atoms with Crippen molar-refractivity contribution < 1.29 is 26.4 Å². The lowest BCUT2D eigenvalue weighted by Gasteiger charge is -2.27. The minimum Gasteiger partial charge on any atom is -0.402 e. The Morgan fingerprint density at radius 1 is 1.09 bits per heavy atom. The normalized spacial score (nSPS) is 13.6. The number of hydrogen-bond acceptors (Lipinski definition) is 7. The Kier molecular flexibility index (Phi) is 6.91. The summed E-state index contributed by atoms with van der Waals surface area (Å²) in [7, 11) is -4.67. The van der Waals surface area contributed by atoms with E-state index in [1.54, 1.807) is 13.8 Å². The molecule has 0 radical (unpaired) electrons. The molecule has 1 aromatic heterocycles. The van der Waals surface area contributed by atoms with Crippen molar-refractivity contribution >= 4 is 43.3 Å². The number of alkyl halides is 3. The molecule has 1 amide bonds. The van der Waals surface area contributed by atoms with E-state index in [1.165, 1.54) is 12.1 Å². The zero-order valence-corrected chi connectivity index (χ0v) is 19.6. The molecular formula is C20H25F3N4O3S2. The van der Waals surface area contributed by atoms with Crippen LogP contribution in [0.1, 0.15) is 48.5 Å². The molecule has 2 aromatic rings. The average Bonchev–Trinajstić information content (AvgIpc) is 2.98. The SMILES string of the molecule is C/C(N)=C(\C)c1c(N)sc(C(=O)NCc2ccc(S(=O)(=O)C(C)(C)C(F)(F)F)cc2)c1N. The molecule has 0 atom stereocenters. The Labute approximate surface area is 188 Å². The number of carbonyl (C=O) groups is 1. The van der Waals surface area contributed by atoms with Gasteiger partial charge in [0, 0.05) is 17.8 Å². The summed E-state index contributed by atoms with van der Waals surface area (Å²) in [4.78, 5) is 12.3. The molecule has 0 unspecified atom stereocenters. The summed E-state index contributed by atoms with van der Waals surface area (Å²) in [6, 6.07) is 4.83. The van der Waals surface area contributed by atoms with Crippen LogP contribution in [0.2, 0.25) is 0 Å². The zero-order valence-electron chi connectivity index (χ0n) is 17.9. The summed E-state index contributed by atoms with van der Waals surface area (Å²) >= 11 is 1.01. The molecule has 12 heteroatoms. The van der Waals surface area contributed by atoms with E-state index in [0.29, 0.717) is 41.2 Å². The van der Waals surface area contributed by atoms with Gasteiger partial charge in [0.15, 0.2) is 14.6 Å². The molecule has 7 nitrogen and oxygen atoms in total. The minimum atomic E-state index is -4.93. The van der Waals surface area contributed by atoms with Gasteiger partial charge >= 0.3 is 6.18 Å². The number of sulfone groups is 1. The third-order valence-corrected chi connectivity index (χ3v) is 8.69. The van der Waals surface area contributed by atoms with Crippen molar-refractivity contribution in [2.45, 2.75) is 50.1 Å². The molecule has 0 fully saturated rings. The van der Waals surface area contributed by atoms with Gasteiger partial charge in [0.2, 0.25) is 0 Å². The maximum Gasteiger partial charge on any atom is 0.408 e. The number of halogens is 3. The molecular weight excluding hydrogens is 465 g/mol. The van der Waals surface area contributed by atoms with Gasteiger partial charge in [-0.05, 0) is 51.0 Å². The lowest BCUT2D eigenvalue weighted by molar-refractivity contribution is -0.153. The molecule has 2 rings (SSSR count). The zero-order chi connectivity index (χ0) is 24.6.